The number of hydrogen-bond acceptors (Lipinski definition) is 5. The average Bonchev–Trinajstić information content (AvgIpc) is 3.00. The van der Waals surface area contributed by atoms with Gasteiger partial charge in [-0.2, -0.15) is 14.9 Å². The third-order valence-corrected chi connectivity index (χ3v) is 4.39. The van der Waals surface area contributed by atoms with Gasteiger partial charge in [-0.25, -0.2) is 5.10 Å². The molecule has 27 heavy (non-hydrogen) atoms. The largest absolute Gasteiger partial charge is 0.545 e. The summed E-state index contributed by atoms with van der Waals surface area (Å²) in [6.07, 6.45) is 1.59. The van der Waals surface area contributed by atoms with Crippen molar-refractivity contribution in [3.8, 4) is 11.4 Å². The number of carboxylic acids is 1. The van der Waals surface area contributed by atoms with E-state index in [4.69, 9.17) is 12.2 Å². The maximum absolute atomic E-state index is 10.8. The molecular formula is C20H19N4O2S-. The van der Waals surface area contributed by atoms with Crippen LogP contribution in [0.5, 0.6) is 0 Å². The van der Waals surface area contributed by atoms with Crippen LogP contribution in [0.2, 0.25) is 0 Å². The van der Waals surface area contributed by atoms with Crippen LogP contribution in [-0.2, 0) is 5.41 Å². The Morgan fingerprint density at radius 3 is 2.33 bits per heavy atom. The summed E-state index contributed by atoms with van der Waals surface area (Å²) >= 11 is 5.27. The Bertz CT molecular complexity index is 1040. The predicted octanol–water partition coefficient (Wildman–Crippen LogP) is 3.15. The van der Waals surface area contributed by atoms with Gasteiger partial charge < -0.3 is 9.90 Å². The van der Waals surface area contributed by atoms with Crippen LogP contribution in [0.3, 0.4) is 0 Å². The number of hydrogen-bond donors (Lipinski definition) is 1. The Balaban J connectivity index is 1.91. The van der Waals surface area contributed by atoms with Crippen molar-refractivity contribution in [2.24, 2.45) is 5.10 Å². The molecule has 0 atom stereocenters. The van der Waals surface area contributed by atoms with Crippen molar-refractivity contribution in [3.63, 3.8) is 0 Å². The van der Waals surface area contributed by atoms with Gasteiger partial charge in [-0.1, -0.05) is 69.3 Å². The maximum atomic E-state index is 10.8. The first kappa shape index (κ1) is 18.7. The molecule has 138 valence electrons. The zero-order valence-electron chi connectivity index (χ0n) is 15.3. The van der Waals surface area contributed by atoms with Gasteiger partial charge in [-0.15, -0.1) is 0 Å². The van der Waals surface area contributed by atoms with E-state index >= 15 is 0 Å². The monoisotopic (exact) mass is 379 g/mol. The molecule has 0 fully saturated rings. The number of nitrogens with one attached hydrogen (secondary N) is 1. The summed E-state index contributed by atoms with van der Waals surface area (Å²) in [5.41, 5.74) is 3.03. The molecule has 1 aromatic heterocycles. The lowest BCUT2D eigenvalue weighted by Crippen LogP contribution is -2.21. The number of rotatable bonds is 4. The molecular weight excluding hydrogens is 360 g/mol. The van der Waals surface area contributed by atoms with Crippen molar-refractivity contribution in [3.05, 3.63) is 70.0 Å². The molecule has 0 saturated heterocycles. The van der Waals surface area contributed by atoms with Crippen LogP contribution in [0.4, 0.5) is 0 Å². The van der Waals surface area contributed by atoms with Crippen molar-refractivity contribution in [2.45, 2.75) is 26.2 Å². The molecule has 7 heteroatoms. The number of nitrogens with zero attached hydrogens (tertiary/aromatic N) is 3. The molecule has 1 heterocycles. The van der Waals surface area contributed by atoms with Gasteiger partial charge in [-0.05, 0) is 34.3 Å². The molecule has 0 bridgehead atoms. The molecule has 0 saturated carbocycles. The predicted molar refractivity (Wildman–Crippen MR) is 105 cm³/mol. The van der Waals surface area contributed by atoms with Crippen LogP contribution in [-0.4, -0.2) is 27.1 Å². The van der Waals surface area contributed by atoms with E-state index < -0.39 is 5.97 Å². The normalized spacial score (nSPS) is 11.8. The molecule has 0 amide bonds. The lowest BCUT2D eigenvalue weighted by atomic mass is 9.87. The number of aromatic amines is 1. The van der Waals surface area contributed by atoms with E-state index in [0.717, 1.165) is 11.1 Å². The third-order valence-electron chi connectivity index (χ3n) is 4.13. The smallest absolute Gasteiger partial charge is 0.216 e. The molecule has 0 aliphatic carbocycles. The number of benzene rings is 2. The number of carbonyl (C=O) groups is 1. The fourth-order valence-corrected chi connectivity index (χ4v) is 2.71. The lowest BCUT2D eigenvalue weighted by Gasteiger charge is -2.18. The van der Waals surface area contributed by atoms with Crippen molar-refractivity contribution >= 4 is 24.4 Å². The molecule has 0 radical (unpaired) electrons. The van der Waals surface area contributed by atoms with E-state index in [-0.39, 0.29) is 11.0 Å². The van der Waals surface area contributed by atoms with Gasteiger partial charge >= 0.3 is 0 Å². The lowest BCUT2D eigenvalue weighted by molar-refractivity contribution is -0.255. The summed E-state index contributed by atoms with van der Waals surface area (Å²) < 4.78 is 1.90. The molecule has 0 aliphatic heterocycles. The first-order chi connectivity index (χ1) is 12.8. The van der Waals surface area contributed by atoms with Crippen LogP contribution < -0.4 is 5.11 Å². The van der Waals surface area contributed by atoms with E-state index in [1.807, 2.05) is 12.1 Å². The van der Waals surface area contributed by atoms with Crippen LogP contribution in [0.15, 0.2) is 53.6 Å². The van der Waals surface area contributed by atoms with Crippen molar-refractivity contribution in [1.82, 2.24) is 14.9 Å². The standard InChI is InChI=1S/C20H20N4O2S/c1-20(2,3)16-10-8-14(9-11-16)17-22-23-19(27)24(17)21-12-13-4-6-15(7-5-13)18(25)26/h4-12H,1-3H3,(H,23,27)(H,25,26)/p-1/b21-12-. The first-order valence-corrected chi connectivity index (χ1v) is 8.80. The minimum absolute atomic E-state index is 0.0685. The van der Waals surface area contributed by atoms with Gasteiger partial charge in [0, 0.05) is 5.56 Å². The highest BCUT2D eigenvalue weighted by Gasteiger charge is 2.14. The molecule has 0 spiro atoms. The van der Waals surface area contributed by atoms with E-state index in [9.17, 15) is 9.90 Å². The fourth-order valence-electron chi connectivity index (χ4n) is 2.53. The quantitative estimate of drug-likeness (QED) is 0.557. The highest BCUT2D eigenvalue weighted by molar-refractivity contribution is 7.71. The van der Waals surface area contributed by atoms with Crippen molar-refractivity contribution in [1.29, 1.82) is 0 Å². The topological polar surface area (TPSA) is 86.1 Å². The second kappa shape index (κ2) is 7.28. The van der Waals surface area contributed by atoms with E-state index in [0.29, 0.717) is 10.6 Å². The van der Waals surface area contributed by atoms with E-state index in [1.165, 1.54) is 22.4 Å². The minimum Gasteiger partial charge on any atom is -0.545 e. The van der Waals surface area contributed by atoms with Crippen LogP contribution in [0.1, 0.15) is 42.3 Å². The van der Waals surface area contributed by atoms with Gasteiger partial charge in [0.2, 0.25) is 4.77 Å². The Hall–Kier alpha value is -3.06. The van der Waals surface area contributed by atoms with Gasteiger partial charge in [0.05, 0.1) is 12.2 Å². The van der Waals surface area contributed by atoms with E-state index in [1.54, 1.807) is 18.3 Å². The number of carbonyl (C=O) groups excluding carboxylic acids is 1. The second-order valence-corrected chi connectivity index (χ2v) is 7.53. The molecule has 3 aromatic rings. The molecule has 2 aromatic carbocycles. The summed E-state index contributed by atoms with van der Waals surface area (Å²) in [6, 6.07) is 14.4. The van der Waals surface area contributed by atoms with E-state index in [2.05, 4.69) is 48.2 Å². The Labute approximate surface area is 162 Å². The third kappa shape index (κ3) is 4.20. The highest BCUT2D eigenvalue weighted by Crippen LogP contribution is 2.25. The number of aromatic nitrogens is 3. The summed E-state index contributed by atoms with van der Waals surface area (Å²) in [5, 5.41) is 22.2. The molecule has 1 N–H and O–H groups in total. The van der Waals surface area contributed by atoms with Crippen molar-refractivity contribution in [2.75, 3.05) is 0 Å². The molecule has 3 rings (SSSR count). The fraction of sp³-hybridized carbons (Fsp3) is 0.200. The van der Waals surface area contributed by atoms with Gasteiger partial charge in [0.1, 0.15) is 0 Å². The van der Waals surface area contributed by atoms with Gasteiger partial charge in [0.15, 0.2) is 5.82 Å². The van der Waals surface area contributed by atoms with Gasteiger partial charge in [0.25, 0.3) is 0 Å². The molecule has 0 unspecified atom stereocenters. The summed E-state index contributed by atoms with van der Waals surface area (Å²) in [4.78, 5) is 10.8. The van der Waals surface area contributed by atoms with Crippen molar-refractivity contribution < 1.29 is 9.90 Å². The number of carboxylic acid groups (broad SMARTS) is 1. The van der Waals surface area contributed by atoms with Crippen LogP contribution in [0.25, 0.3) is 11.4 Å². The molecule has 6 nitrogen and oxygen atoms in total. The second-order valence-electron chi connectivity index (χ2n) is 7.15. The Morgan fingerprint density at radius 2 is 1.78 bits per heavy atom. The van der Waals surface area contributed by atoms with Gasteiger partial charge in [-0.3, -0.25) is 0 Å². The Kier molecular flexibility index (Phi) is 5.05. The highest BCUT2D eigenvalue weighted by atomic mass is 32.1. The maximum Gasteiger partial charge on any atom is 0.216 e. The SMILES string of the molecule is CC(C)(C)c1ccc(-c2n[nH]c(=S)n2/N=C\c2ccc(C(=O)[O-])cc2)cc1. The summed E-state index contributed by atoms with van der Waals surface area (Å²) in [5.74, 6) is -0.611. The first-order valence-electron chi connectivity index (χ1n) is 8.40. The average molecular weight is 379 g/mol. The zero-order chi connectivity index (χ0) is 19.6. The molecule has 0 aliphatic rings. The number of aromatic carboxylic acids is 1. The number of H-pyrrole nitrogens is 1. The minimum atomic E-state index is -1.21. The van der Waals surface area contributed by atoms with Crippen LogP contribution >= 0.6 is 12.2 Å². The summed E-state index contributed by atoms with van der Waals surface area (Å²) in [6.45, 7) is 6.48. The Morgan fingerprint density at radius 1 is 1.15 bits per heavy atom. The van der Waals surface area contributed by atoms with Crippen LogP contribution in [0, 0.1) is 4.77 Å². The summed E-state index contributed by atoms with van der Waals surface area (Å²) in [7, 11) is 0. The zero-order valence-corrected chi connectivity index (χ0v) is 16.1.